The first kappa shape index (κ1) is 17.4. The molecule has 0 saturated carbocycles. The Kier molecular flexibility index (Phi) is 4.70. The van der Waals surface area contributed by atoms with Crippen molar-refractivity contribution in [1.82, 2.24) is 4.98 Å². The van der Waals surface area contributed by atoms with Crippen molar-refractivity contribution in [1.29, 1.82) is 0 Å². The second-order valence-corrected chi connectivity index (χ2v) is 9.59. The van der Waals surface area contributed by atoms with Crippen LogP contribution in [0.25, 0.3) is 9.88 Å². The number of anilines is 1. The monoisotopic (exact) mass is 398 g/mol. The minimum atomic E-state index is -3.68. The molecule has 8 heteroatoms. The predicted molar refractivity (Wildman–Crippen MR) is 102 cm³/mol. The molecule has 0 aliphatic rings. The first-order chi connectivity index (χ1) is 11.3. The van der Waals surface area contributed by atoms with E-state index >= 15 is 0 Å². The first-order valence-corrected chi connectivity index (χ1v) is 10.6. The van der Waals surface area contributed by atoms with Crippen molar-refractivity contribution >= 4 is 50.0 Å². The lowest BCUT2D eigenvalue weighted by atomic mass is 10.2. The number of thiophene rings is 1. The summed E-state index contributed by atoms with van der Waals surface area (Å²) in [6.07, 6.45) is 0. The molecule has 0 aliphatic carbocycles. The van der Waals surface area contributed by atoms with Gasteiger partial charge in [-0.3, -0.25) is 4.72 Å². The zero-order chi connectivity index (χ0) is 17.5. The second-order valence-electron chi connectivity index (χ2n) is 5.39. The summed E-state index contributed by atoms with van der Waals surface area (Å²) in [7, 11) is -3.68. The third-order valence-electron chi connectivity index (χ3n) is 3.44. The maximum atomic E-state index is 12.8. The molecule has 3 rings (SSSR count). The number of aryl methyl sites for hydroxylation is 3. The van der Waals surface area contributed by atoms with Crippen LogP contribution in [-0.2, 0) is 10.0 Å². The largest absolute Gasteiger partial charge is 0.279 e. The summed E-state index contributed by atoms with van der Waals surface area (Å²) in [5, 5.41) is 3.27. The van der Waals surface area contributed by atoms with Crippen LogP contribution in [0.15, 0.2) is 34.5 Å². The number of rotatable bonds is 4. The summed E-state index contributed by atoms with van der Waals surface area (Å²) in [5.74, 6) is 0. The summed E-state index contributed by atoms with van der Waals surface area (Å²) in [5.41, 5.74) is 2.23. The number of halogens is 1. The standard InChI is InChI=1S/C16H15ClN2O2S3/c1-9-4-5-12(17)6-13(9)19-24(20,21)15-7-14(23-11(15)3)16-18-10(2)8-22-16/h4-8,19H,1-3H3. The molecule has 0 radical (unpaired) electrons. The molecular weight excluding hydrogens is 384 g/mol. The lowest BCUT2D eigenvalue weighted by molar-refractivity contribution is 0.601. The van der Waals surface area contributed by atoms with Gasteiger partial charge in [0, 0.05) is 21.0 Å². The van der Waals surface area contributed by atoms with Gasteiger partial charge >= 0.3 is 0 Å². The smallest absolute Gasteiger partial charge is 0.263 e. The molecule has 2 heterocycles. The Morgan fingerprint density at radius 2 is 1.92 bits per heavy atom. The zero-order valence-electron chi connectivity index (χ0n) is 13.3. The van der Waals surface area contributed by atoms with Crippen molar-refractivity contribution < 1.29 is 8.42 Å². The molecule has 0 spiro atoms. The Bertz CT molecular complexity index is 1010. The highest BCUT2D eigenvalue weighted by atomic mass is 35.5. The van der Waals surface area contributed by atoms with Crippen LogP contribution < -0.4 is 4.72 Å². The maximum absolute atomic E-state index is 12.8. The lowest BCUT2D eigenvalue weighted by Gasteiger charge is -2.10. The van der Waals surface area contributed by atoms with Crippen LogP contribution in [0.1, 0.15) is 16.1 Å². The molecule has 1 N–H and O–H groups in total. The topological polar surface area (TPSA) is 59.1 Å². The van der Waals surface area contributed by atoms with E-state index in [0.29, 0.717) is 10.7 Å². The van der Waals surface area contributed by atoms with Gasteiger partial charge in [0.15, 0.2) is 0 Å². The Hall–Kier alpha value is -1.41. The highest BCUT2D eigenvalue weighted by Gasteiger charge is 2.22. The van der Waals surface area contributed by atoms with Crippen molar-refractivity contribution in [3.63, 3.8) is 0 Å². The molecule has 3 aromatic rings. The maximum Gasteiger partial charge on any atom is 0.263 e. The number of nitrogens with zero attached hydrogens (tertiary/aromatic N) is 1. The Labute approximate surface area is 154 Å². The molecule has 0 aliphatic heterocycles. The minimum absolute atomic E-state index is 0.273. The molecule has 0 fully saturated rings. The Morgan fingerprint density at radius 1 is 1.17 bits per heavy atom. The molecule has 2 aromatic heterocycles. The highest BCUT2D eigenvalue weighted by Crippen LogP contribution is 2.36. The van der Waals surface area contributed by atoms with Crippen molar-refractivity contribution in [2.45, 2.75) is 25.7 Å². The fraction of sp³-hybridized carbons (Fsp3) is 0.188. The fourth-order valence-electron chi connectivity index (χ4n) is 2.21. The predicted octanol–water partition coefficient (Wildman–Crippen LogP) is 5.25. The summed E-state index contributed by atoms with van der Waals surface area (Å²) in [6.45, 7) is 5.55. The zero-order valence-corrected chi connectivity index (χ0v) is 16.5. The fourth-order valence-corrected chi connectivity index (χ4v) is 5.96. The molecular formula is C16H15ClN2O2S3. The number of nitrogens with one attached hydrogen (secondary N) is 1. The number of hydrogen-bond donors (Lipinski definition) is 1. The SMILES string of the molecule is Cc1csc(-c2cc(S(=O)(=O)Nc3cc(Cl)ccc3C)c(C)s2)n1. The van der Waals surface area contributed by atoms with Gasteiger partial charge in [0.25, 0.3) is 10.0 Å². The van der Waals surface area contributed by atoms with E-state index in [1.54, 1.807) is 31.2 Å². The lowest BCUT2D eigenvalue weighted by Crippen LogP contribution is -2.13. The van der Waals surface area contributed by atoms with Gasteiger partial charge in [-0.1, -0.05) is 17.7 Å². The van der Waals surface area contributed by atoms with E-state index < -0.39 is 10.0 Å². The normalized spacial score (nSPS) is 11.7. The van der Waals surface area contributed by atoms with Gasteiger partial charge < -0.3 is 0 Å². The van der Waals surface area contributed by atoms with Gasteiger partial charge in [0.1, 0.15) is 9.90 Å². The minimum Gasteiger partial charge on any atom is -0.279 e. The molecule has 126 valence electrons. The molecule has 0 atom stereocenters. The van der Waals surface area contributed by atoms with Crippen molar-refractivity contribution in [3.8, 4) is 9.88 Å². The van der Waals surface area contributed by atoms with Crippen LogP contribution in [0.2, 0.25) is 5.02 Å². The van der Waals surface area contributed by atoms with Crippen LogP contribution in [0.5, 0.6) is 0 Å². The van der Waals surface area contributed by atoms with Crippen LogP contribution in [0.3, 0.4) is 0 Å². The second kappa shape index (κ2) is 6.48. The Balaban J connectivity index is 1.98. The van der Waals surface area contributed by atoms with Crippen molar-refractivity contribution in [2.75, 3.05) is 4.72 Å². The van der Waals surface area contributed by atoms with Crippen LogP contribution >= 0.6 is 34.3 Å². The van der Waals surface area contributed by atoms with Crippen LogP contribution in [0.4, 0.5) is 5.69 Å². The van der Waals surface area contributed by atoms with Crippen molar-refractivity contribution in [2.24, 2.45) is 0 Å². The molecule has 0 unspecified atom stereocenters. The molecule has 24 heavy (non-hydrogen) atoms. The third kappa shape index (κ3) is 3.49. The molecule has 0 saturated heterocycles. The average Bonchev–Trinajstić information content (AvgIpc) is 3.09. The van der Waals surface area contributed by atoms with Crippen molar-refractivity contribution in [3.05, 3.63) is 50.8 Å². The number of sulfonamides is 1. The van der Waals surface area contributed by atoms with Gasteiger partial charge in [-0.2, -0.15) is 0 Å². The van der Waals surface area contributed by atoms with Crippen LogP contribution in [0, 0.1) is 20.8 Å². The summed E-state index contributed by atoms with van der Waals surface area (Å²) >= 11 is 8.91. The molecule has 1 aromatic carbocycles. The molecule has 0 bridgehead atoms. The summed E-state index contributed by atoms with van der Waals surface area (Å²) < 4.78 is 28.2. The van der Waals surface area contributed by atoms with E-state index in [2.05, 4.69) is 9.71 Å². The number of aromatic nitrogens is 1. The van der Waals surface area contributed by atoms with E-state index in [1.807, 2.05) is 19.2 Å². The molecule has 0 amide bonds. The van der Waals surface area contributed by atoms with Gasteiger partial charge in [-0.05, 0) is 44.5 Å². The highest BCUT2D eigenvalue weighted by molar-refractivity contribution is 7.93. The molecule has 4 nitrogen and oxygen atoms in total. The van der Waals surface area contributed by atoms with Crippen LogP contribution in [-0.4, -0.2) is 13.4 Å². The van der Waals surface area contributed by atoms with Gasteiger partial charge in [0.05, 0.1) is 10.6 Å². The Morgan fingerprint density at radius 3 is 2.58 bits per heavy atom. The number of thiazole rings is 1. The first-order valence-electron chi connectivity index (χ1n) is 7.08. The summed E-state index contributed by atoms with van der Waals surface area (Å²) in [4.78, 5) is 6.28. The average molecular weight is 399 g/mol. The number of benzene rings is 1. The number of hydrogen-bond acceptors (Lipinski definition) is 5. The van der Waals surface area contributed by atoms with E-state index in [4.69, 9.17) is 11.6 Å². The van der Waals surface area contributed by atoms with E-state index in [9.17, 15) is 8.42 Å². The third-order valence-corrected chi connectivity index (χ3v) is 7.47. The van der Waals surface area contributed by atoms with E-state index in [-0.39, 0.29) is 4.90 Å². The summed E-state index contributed by atoms with van der Waals surface area (Å²) in [6, 6.07) is 6.81. The van der Waals surface area contributed by atoms with E-state index in [1.165, 1.54) is 22.7 Å². The van der Waals surface area contributed by atoms with Gasteiger partial charge in [-0.25, -0.2) is 13.4 Å². The van der Waals surface area contributed by atoms with Gasteiger partial charge in [-0.15, -0.1) is 22.7 Å². The van der Waals surface area contributed by atoms with Gasteiger partial charge in [0.2, 0.25) is 0 Å². The quantitative estimate of drug-likeness (QED) is 0.652. The van der Waals surface area contributed by atoms with E-state index in [0.717, 1.165) is 26.0 Å².